The number of nitrogens with zero attached hydrogens (tertiary/aromatic N) is 1. The number of carboxylic acid groups (broad SMARTS) is 1. The van der Waals surface area contributed by atoms with E-state index in [0.29, 0.717) is 46.7 Å². The number of hydrogen-bond donors (Lipinski definition) is 2. The summed E-state index contributed by atoms with van der Waals surface area (Å²) in [5.41, 5.74) is 2.50. The third-order valence-corrected chi connectivity index (χ3v) is 6.97. The molecular formula is C22H23Cl2F3N2O4. The Kier molecular flexibility index (Phi) is 6.96. The van der Waals surface area contributed by atoms with Crippen molar-refractivity contribution in [1.82, 2.24) is 10.5 Å². The van der Waals surface area contributed by atoms with Crippen LogP contribution in [0, 0.1) is 5.92 Å². The Morgan fingerprint density at radius 1 is 1.27 bits per heavy atom. The number of rotatable bonds is 5. The number of aromatic nitrogens is 1. The molecule has 2 N–H and O–H groups in total. The molecule has 3 fully saturated rings. The summed E-state index contributed by atoms with van der Waals surface area (Å²) in [6, 6.07) is 6.64. The first-order valence-electron chi connectivity index (χ1n) is 10.7. The molecule has 2 bridgehead atoms. The molecule has 4 atom stereocenters. The number of benzene rings is 1. The topological polar surface area (TPSA) is 84.6 Å². The van der Waals surface area contributed by atoms with Crippen LogP contribution in [0.3, 0.4) is 0 Å². The zero-order valence-corrected chi connectivity index (χ0v) is 19.2. The van der Waals surface area contributed by atoms with Crippen LogP contribution in [-0.2, 0) is 16.1 Å². The van der Waals surface area contributed by atoms with E-state index >= 15 is 0 Å². The minimum atomic E-state index is -5.08. The van der Waals surface area contributed by atoms with E-state index in [0.717, 1.165) is 41.8 Å². The molecule has 0 radical (unpaired) electrons. The zero-order valence-electron chi connectivity index (χ0n) is 17.7. The number of piperidine rings is 1. The summed E-state index contributed by atoms with van der Waals surface area (Å²) in [6.07, 6.45) is -0.192. The van der Waals surface area contributed by atoms with Crippen LogP contribution < -0.4 is 5.32 Å². The highest BCUT2D eigenvalue weighted by atomic mass is 35.5. The lowest BCUT2D eigenvalue weighted by molar-refractivity contribution is -0.192. The third-order valence-electron chi connectivity index (χ3n) is 6.34. The predicted molar refractivity (Wildman–Crippen MR) is 115 cm³/mol. The van der Waals surface area contributed by atoms with Crippen LogP contribution in [0.5, 0.6) is 0 Å². The van der Waals surface area contributed by atoms with E-state index < -0.39 is 12.1 Å². The van der Waals surface area contributed by atoms with Crippen molar-refractivity contribution in [2.75, 3.05) is 0 Å². The number of halogens is 5. The van der Waals surface area contributed by atoms with Gasteiger partial charge in [-0.1, -0.05) is 34.4 Å². The van der Waals surface area contributed by atoms with Crippen molar-refractivity contribution in [3.05, 3.63) is 39.6 Å². The molecule has 180 valence electrons. The summed E-state index contributed by atoms with van der Waals surface area (Å²) in [5.74, 6) is -0.758. The fraction of sp³-hybridized carbons (Fsp3) is 0.545. The van der Waals surface area contributed by atoms with E-state index in [1.54, 1.807) is 0 Å². The molecule has 0 amide bonds. The number of nitrogens with one attached hydrogen (secondary N) is 1. The molecule has 2 saturated carbocycles. The molecule has 1 aliphatic heterocycles. The van der Waals surface area contributed by atoms with Crippen LogP contribution in [0.1, 0.15) is 49.8 Å². The molecule has 2 aliphatic carbocycles. The third kappa shape index (κ3) is 5.31. The molecule has 11 heteroatoms. The van der Waals surface area contributed by atoms with E-state index in [-0.39, 0.29) is 0 Å². The number of alkyl halides is 3. The van der Waals surface area contributed by atoms with E-state index in [2.05, 4.69) is 17.4 Å². The maximum atomic E-state index is 10.6. The molecule has 6 nitrogen and oxygen atoms in total. The number of fused-ring (bicyclic) bond motifs is 2. The van der Waals surface area contributed by atoms with Gasteiger partial charge in [-0.2, -0.15) is 13.2 Å². The summed E-state index contributed by atoms with van der Waals surface area (Å²) < 4.78 is 43.8. The van der Waals surface area contributed by atoms with Crippen molar-refractivity contribution in [3.63, 3.8) is 0 Å². The number of carboxylic acids is 1. The molecule has 3 aliphatic rings. The number of carbonyl (C=O) groups is 1. The summed E-state index contributed by atoms with van der Waals surface area (Å²) in [7, 11) is 0. The van der Waals surface area contributed by atoms with Crippen LogP contribution in [0.25, 0.3) is 11.3 Å². The first kappa shape index (κ1) is 24.3. The second-order valence-corrected chi connectivity index (χ2v) is 9.50. The zero-order chi connectivity index (χ0) is 23.9. The lowest BCUT2D eigenvalue weighted by Crippen LogP contribution is -2.40. The number of aliphatic carboxylic acids is 1. The quantitative estimate of drug-likeness (QED) is 0.531. The van der Waals surface area contributed by atoms with Gasteiger partial charge in [-0.15, -0.1) is 0 Å². The maximum absolute atomic E-state index is 10.6. The van der Waals surface area contributed by atoms with E-state index in [9.17, 15) is 13.2 Å². The fourth-order valence-corrected chi connectivity index (χ4v) is 5.20. The monoisotopic (exact) mass is 506 g/mol. The van der Waals surface area contributed by atoms with Gasteiger partial charge in [-0.3, -0.25) is 0 Å². The van der Waals surface area contributed by atoms with Gasteiger partial charge in [-0.25, -0.2) is 4.79 Å². The Morgan fingerprint density at radius 3 is 2.42 bits per heavy atom. The van der Waals surface area contributed by atoms with Gasteiger partial charge in [0, 0.05) is 35.0 Å². The Hall–Kier alpha value is -1.81. The molecule has 0 spiro atoms. The van der Waals surface area contributed by atoms with Crippen LogP contribution in [-0.4, -0.2) is 40.6 Å². The molecular weight excluding hydrogens is 484 g/mol. The van der Waals surface area contributed by atoms with Crippen LogP contribution in [0.2, 0.25) is 10.0 Å². The minimum Gasteiger partial charge on any atom is -0.475 e. The van der Waals surface area contributed by atoms with Crippen molar-refractivity contribution in [3.8, 4) is 11.3 Å². The number of ether oxygens (including phenoxy) is 1. The Morgan fingerprint density at radius 2 is 1.91 bits per heavy atom. The first-order chi connectivity index (χ1) is 15.6. The van der Waals surface area contributed by atoms with Gasteiger partial charge in [0.25, 0.3) is 0 Å². The Bertz CT molecular complexity index is 1010. The van der Waals surface area contributed by atoms with Gasteiger partial charge in [0.1, 0.15) is 11.5 Å². The smallest absolute Gasteiger partial charge is 0.475 e. The molecule has 2 heterocycles. The summed E-state index contributed by atoms with van der Waals surface area (Å²) >= 11 is 12.8. The predicted octanol–water partition coefficient (Wildman–Crippen LogP) is 5.81. The second kappa shape index (κ2) is 9.44. The van der Waals surface area contributed by atoms with Gasteiger partial charge in [0.2, 0.25) is 0 Å². The average molecular weight is 507 g/mol. The van der Waals surface area contributed by atoms with Crippen molar-refractivity contribution in [1.29, 1.82) is 0 Å². The van der Waals surface area contributed by atoms with Crippen molar-refractivity contribution in [2.45, 2.75) is 69.5 Å². The van der Waals surface area contributed by atoms with Crippen LogP contribution in [0.4, 0.5) is 13.2 Å². The second-order valence-electron chi connectivity index (χ2n) is 8.68. The highest BCUT2D eigenvalue weighted by Crippen LogP contribution is 2.46. The van der Waals surface area contributed by atoms with Gasteiger partial charge in [-0.05, 0) is 44.7 Å². The first-order valence-corrected chi connectivity index (χ1v) is 11.4. The standard InChI is InChI=1S/C20H22Cl2N2O2.C2HF3O2/c1-10-13-7-12(23-10)8-17(13)25-9-14-19(24-26-20(14)11-5-6-11)18-15(21)3-2-4-16(18)22;3-2(4,5)1(6)7/h2-4,10-13,17,23H,5-9H2,1H3;(H,6,7). The molecule has 1 aromatic carbocycles. The Balaban J connectivity index is 0.000000325. The molecule has 1 aromatic heterocycles. The van der Waals surface area contributed by atoms with E-state index in [1.807, 2.05) is 18.2 Å². The van der Waals surface area contributed by atoms with Gasteiger partial charge >= 0.3 is 12.1 Å². The van der Waals surface area contributed by atoms with Crippen molar-refractivity contribution >= 4 is 29.2 Å². The molecule has 4 unspecified atom stereocenters. The van der Waals surface area contributed by atoms with Gasteiger partial charge < -0.3 is 19.7 Å². The summed E-state index contributed by atoms with van der Waals surface area (Å²) in [4.78, 5) is 8.90. The normalized spacial score (nSPS) is 26.2. The van der Waals surface area contributed by atoms with E-state index in [4.69, 9.17) is 42.4 Å². The molecule has 1 saturated heterocycles. The largest absolute Gasteiger partial charge is 0.490 e. The lowest BCUT2D eigenvalue weighted by Gasteiger charge is -2.28. The van der Waals surface area contributed by atoms with Crippen LogP contribution >= 0.6 is 23.2 Å². The fourth-order valence-electron chi connectivity index (χ4n) is 4.62. The highest BCUT2D eigenvalue weighted by Gasteiger charge is 2.45. The van der Waals surface area contributed by atoms with Crippen LogP contribution in [0.15, 0.2) is 22.7 Å². The molecule has 2 aromatic rings. The Labute approximate surface area is 198 Å². The highest BCUT2D eigenvalue weighted by molar-refractivity contribution is 6.39. The average Bonchev–Trinajstić information content (AvgIpc) is 3.21. The maximum Gasteiger partial charge on any atom is 0.490 e. The summed E-state index contributed by atoms with van der Waals surface area (Å²) in [6.45, 7) is 2.76. The van der Waals surface area contributed by atoms with Gasteiger partial charge in [0.05, 0.1) is 22.8 Å². The minimum absolute atomic E-state index is 0.299. The lowest BCUT2D eigenvalue weighted by atomic mass is 9.98. The number of hydrogen-bond acceptors (Lipinski definition) is 5. The summed E-state index contributed by atoms with van der Waals surface area (Å²) in [5, 5.41) is 16.3. The van der Waals surface area contributed by atoms with Gasteiger partial charge in [0.15, 0.2) is 0 Å². The SMILES string of the molecule is CC1NC2CC(OCc3c(-c4c(Cl)cccc4Cl)noc3C3CC3)C1C2.O=C(O)C(F)(F)F. The van der Waals surface area contributed by atoms with E-state index in [1.165, 1.54) is 6.42 Å². The van der Waals surface area contributed by atoms with Crippen molar-refractivity contribution < 1.29 is 32.3 Å². The molecule has 5 rings (SSSR count). The van der Waals surface area contributed by atoms with Crippen molar-refractivity contribution in [2.24, 2.45) is 5.92 Å². The molecule has 33 heavy (non-hydrogen) atoms.